The van der Waals surface area contributed by atoms with Gasteiger partial charge in [-0.3, -0.25) is 4.79 Å². The largest absolute Gasteiger partial charge is 0.385 e. The number of carbonyl (C=O) groups excluding carboxylic acids is 1. The highest BCUT2D eigenvalue weighted by atomic mass is 16.1. The van der Waals surface area contributed by atoms with Gasteiger partial charge in [0.15, 0.2) is 0 Å². The summed E-state index contributed by atoms with van der Waals surface area (Å²) in [6, 6.07) is 8.07. The Kier molecular flexibility index (Phi) is 4.69. The highest BCUT2D eigenvalue weighted by Crippen LogP contribution is 2.36. The summed E-state index contributed by atoms with van der Waals surface area (Å²) in [4.78, 5) is 12.2. The minimum Gasteiger partial charge on any atom is -0.385 e. The summed E-state index contributed by atoms with van der Waals surface area (Å²) in [6.07, 6.45) is 4.46. The van der Waals surface area contributed by atoms with Crippen LogP contribution in [0.25, 0.3) is 0 Å². The second kappa shape index (κ2) is 6.29. The fraction of sp³-hybridized carbons (Fsp3) is 0.588. The molecular weight excluding hydrogens is 248 g/mol. The van der Waals surface area contributed by atoms with Crippen molar-refractivity contribution in [1.82, 2.24) is 5.32 Å². The molecule has 1 amide bonds. The van der Waals surface area contributed by atoms with E-state index in [0.29, 0.717) is 11.5 Å². The van der Waals surface area contributed by atoms with Gasteiger partial charge in [0, 0.05) is 23.8 Å². The number of hydrogen-bond donors (Lipinski definition) is 2. The van der Waals surface area contributed by atoms with Crippen LogP contribution in [0.2, 0.25) is 0 Å². The normalized spacial score (nSPS) is 20.6. The van der Waals surface area contributed by atoms with Crippen LogP contribution in [0.1, 0.15) is 56.8 Å². The van der Waals surface area contributed by atoms with E-state index in [1.165, 1.54) is 6.42 Å². The van der Waals surface area contributed by atoms with Crippen molar-refractivity contribution in [1.29, 1.82) is 0 Å². The van der Waals surface area contributed by atoms with Crippen LogP contribution in [0.4, 0.5) is 5.69 Å². The molecule has 2 rings (SSSR count). The first-order chi connectivity index (χ1) is 9.50. The number of benzene rings is 1. The quantitative estimate of drug-likeness (QED) is 0.857. The zero-order valence-corrected chi connectivity index (χ0v) is 12.8. The minimum atomic E-state index is 0.0507. The van der Waals surface area contributed by atoms with Gasteiger partial charge >= 0.3 is 0 Å². The molecule has 2 N–H and O–H groups in total. The monoisotopic (exact) mass is 274 g/mol. The standard InChI is InChI=1S/C17H26N2O/c1-4-11-18-14-7-5-13(6-8-14)16(20)19-15-9-10-17(2,3)12-15/h5-8,15,18H,4,9-12H2,1-3H3,(H,19,20). The number of hydrogen-bond acceptors (Lipinski definition) is 2. The molecule has 0 aromatic heterocycles. The molecule has 20 heavy (non-hydrogen) atoms. The molecule has 1 aromatic rings. The molecule has 3 heteroatoms. The topological polar surface area (TPSA) is 41.1 Å². The van der Waals surface area contributed by atoms with Gasteiger partial charge in [-0.15, -0.1) is 0 Å². The van der Waals surface area contributed by atoms with E-state index >= 15 is 0 Å². The Labute approximate surface area is 122 Å². The van der Waals surface area contributed by atoms with Gasteiger partial charge in [-0.1, -0.05) is 20.8 Å². The maximum atomic E-state index is 12.2. The summed E-state index contributed by atoms with van der Waals surface area (Å²) in [5.74, 6) is 0.0507. The van der Waals surface area contributed by atoms with E-state index in [2.05, 4.69) is 31.4 Å². The molecule has 1 saturated carbocycles. The first-order valence-corrected chi connectivity index (χ1v) is 7.65. The molecular formula is C17H26N2O. The number of amides is 1. The lowest BCUT2D eigenvalue weighted by Crippen LogP contribution is -2.33. The smallest absolute Gasteiger partial charge is 0.251 e. The van der Waals surface area contributed by atoms with E-state index in [-0.39, 0.29) is 5.91 Å². The summed E-state index contributed by atoms with van der Waals surface area (Å²) in [5, 5.41) is 6.47. The first-order valence-electron chi connectivity index (χ1n) is 7.65. The molecule has 0 spiro atoms. The van der Waals surface area contributed by atoms with Crippen LogP contribution in [-0.2, 0) is 0 Å². The third-order valence-electron chi connectivity index (χ3n) is 4.03. The molecule has 1 aliphatic carbocycles. The lowest BCUT2D eigenvalue weighted by Gasteiger charge is -2.18. The molecule has 0 saturated heterocycles. The van der Waals surface area contributed by atoms with Gasteiger partial charge in [-0.2, -0.15) is 0 Å². The highest BCUT2D eigenvalue weighted by molar-refractivity contribution is 5.94. The summed E-state index contributed by atoms with van der Waals surface area (Å²) < 4.78 is 0. The van der Waals surface area contributed by atoms with Gasteiger partial charge in [0.1, 0.15) is 0 Å². The molecule has 1 fully saturated rings. The molecule has 0 bridgehead atoms. The Morgan fingerprint density at radius 2 is 2.00 bits per heavy atom. The van der Waals surface area contributed by atoms with Gasteiger partial charge in [-0.25, -0.2) is 0 Å². The zero-order chi connectivity index (χ0) is 14.6. The Hall–Kier alpha value is -1.51. The Balaban J connectivity index is 1.89. The van der Waals surface area contributed by atoms with Crippen LogP contribution in [0.3, 0.4) is 0 Å². The number of anilines is 1. The van der Waals surface area contributed by atoms with Gasteiger partial charge in [-0.05, 0) is 55.4 Å². The van der Waals surface area contributed by atoms with Gasteiger partial charge in [0.25, 0.3) is 5.91 Å². The Morgan fingerprint density at radius 1 is 1.30 bits per heavy atom. The lowest BCUT2D eigenvalue weighted by molar-refractivity contribution is 0.0936. The molecule has 1 unspecified atom stereocenters. The van der Waals surface area contributed by atoms with Crippen molar-refractivity contribution in [2.75, 3.05) is 11.9 Å². The van der Waals surface area contributed by atoms with Crippen molar-refractivity contribution in [2.24, 2.45) is 5.41 Å². The molecule has 1 aromatic carbocycles. The maximum absolute atomic E-state index is 12.2. The van der Waals surface area contributed by atoms with E-state index in [4.69, 9.17) is 0 Å². The average molecular weight is 274 g/mol. The average Bonchev–Trinajstić information content (AvgIpc) is 2.76. The number of carbonyl (C=O) groups is 1. The van der Waals surface area contributed by atoms with Crippen molar-refractivity contribution in [3.63, 3.8) is 0 Å². The Bertz CT molecular complexity index is 451. The first kappa shape index (κ1) is 14.9. The number of rotatable bonds is 5. The molecule has 110 valence electrons. The van der Waals surface area contributed by atoms with E-state index in [1.807, 2.05) is 24.3 Å². The van der Waals surface area contributed by atoms with Gasteiger partial charge in [0.05, 0.1) is 0 Å². The molecule has 0 heterocycles. The van der Waals surface area contributed by atoms with Crippen LogP contribution >= 0.6 is 0 Å². The van der Waals surface area contributed by atoms with Crippen LogP contribution in [0.15, 0.2) is 24.3 Å². The summed E-state index contributed by atoms with van der Waals surface area (Å²) >= 11 is 0. The van der Waals surface area contributed by atoms with E-state index in [1.54, 1.807) is 0 Å². The second-order valence-electron chi connectivity index (χ2n) is 6.58. The van der Waals surface area contributed by atoms with Crippen molar-refractivity contribution < 1.29 is 4.79 Å². The lowest BCUT2D eigenvalue weighted by atomic mass is 9.92. The second-order valence-corrected chi connectivity index (χ2v) is 6.58. The van der Waals surface area contributed by atoms with Crippen LogP contribution in [0.5, 0.6) is 0 Å². The van der Waals surface area contributed by atoms with Gasteiger partial charge < -0.3 is 10.6 Å². The van der Waals surface area contributed by atoms with Crippen LogP contribution in [-0.4, -0.2) is 18.5 Å². The SMILES string of the molecule is CCCNc1ccc(C(=O)NC2CCC(C)(C)C2)cc1. The number of nitrogens with one attached hydrogen (secondary N) is 2. The summed E-state index contributed by atoms with van der Waals surface area (Å²) in [5.41, 5.74) is 2.19. The minimum absolute atomic E-state index is 0.0507. The fourth-order valence-corrected chi connectivity index (χ4v) is 2.84. The molecule has 0 radical (unpaired) electrons. The fourth-order valence-electron chi connectivity index (χ4n) is 2.84. The third-order valence-corrected chi connectivity index (χ3v) is 4.03. The zero-order valence-electron chi connectivity index (χ0n) is 12.8. The van der Waals surface area contributed by atoms with Crippen LogP contribution in [0, 0.1) is 5.41 Å². The van der Waals surface area contributed by atoms with Crippen molar-refractivity contribution >= 4 is 11.6 Å². The van der Waals surface area contributed by atoms with Crippen molar-refractivity contribution in [3.8, 4) is 0 Å². The predicted octanol–water partition coefficient (Wildman–Crippen LogP) is 3.82. The highest BCUT2D eigenvalue weighted by Gasteiger charge is 2.31. The van der Waals surface area contributed by atoms with Gasteiger partial charge in [0.2, 0.25) is 0 Å². The van der Waals surface area contributed by atoms with E-state index in [9.17, 15) is 4.79 Å². The van der Waals surface area contributed by atoms with Crippen molar-refractivity contribution in [3.05, 3.63) is 29.8 Å². The third kappa shape index (κ3) is 3.99. The van der Waals surface area contributed by atoms with E-state index in [0.717, 1.165) is 37.1 Å². The Morgan fingerprint density at radius 3 is 2.55 bits per heavy atom. The van der Waals surface area contributed by atoms with Crippen molar-refractivity contribution in [2.45, 2.75) is 52.5 Å². The molecule has 1 atom stereocenters. The van der Waals surface area contributed by atoms with Crippen LogP contribution < -0.4 is 10.6 Å². The summed E-state index contributed by atoms with van der Waals surface area (Å²) in [6.45, 7) is 7.64. The summed E-state index contributed by atoms with van der Waals surface area (Å²) in [7, 11) is 0. The van der Waals surface area contributed by atoms with E-state index < -0.39 is 0 Å². The molecule has 1 aliphatic rings. The predicted molar refractivity (Wildman–Crippen MR) is 84.1 cm³/mol. The maximum Gasteiger partial charge on any atom is 0.251 e. The molecule has 0 aliphatic heterocycles. The molecule has 3 nitrogen and oxygen atoms in total.